The molecular weight excluding hydrogens is 558 g/mol. The Morgan fingerprint density at radius 1 is 0.932 bits per heavy atom. The fourth-order valence-electron chi connectivity index (χ4n) is 6.90. The van der Waals surface area contributed by atoms with Gasteiger partial charge in [-0.25, -0.2) is 9.78 Å². The van der Waals surface area contributed by atoms with Gasteiger partial charge in [0.25, 0.3) is 0 Å². The Morgan fingerprint density at radius 2 is 1.68 bits per heavy atom. The number of hydrogen-bond acceptors (Lipinski definition) is 8. The summed E-state index contributed by atoms with van der Waals surface area (Å²) in [4.78, 5) is 39.8. The maximum Gasteiger partial charge on any atom is 0.407 e. The molecule has 10 heteroatoms. The Kier molecular flexibility index (Phi) is 9.14. The predicted molar refractivity (Wildman–Crippen MR) is 164 cm³/mol. The number of carbonyl (C=O) groups is 2. The Morgan fingerprint density at radius 3 is 2.36 bits per heavy atom. The van der Waals surface area contributed by atoms with Crippen LogP contribution in [0.4, 0.5) is 4.79 Å². The summed E-state index contributed by atoms with van der Waals surface area (Å²) >= 11 is 0. The second kappa shape index (κ2) is 13.4. The average molecular weight is 602 g/mol. The van der Waals surface area contributed by atoms with E-state index in [2.05, 4.69) is 22.8 Å². The van der Waals surface area contributed by atoms with Crippen LogP contribution in [0.3, 0.4) is 0 Å². The number of alkyl carbamates (subject to hydrolysis) is 1. The standard InChI is InChI=1S/C34H43N5O5/c1-20-30(42-2)15-14-27(36-20)21-4-6-22(7-5-21)31(39-32(40)23-10-12-26(13-11-23)37-34(41)43-3)28-18-25(16-17-35-28)29-19-44-33(38-29)24-8-9-24/h14-19,21-24,26,31H,4-13H2,1-3H3,(H,37,41)(H,39,40). The highest BCUT2D eigenvalue weighted by molar-refractivity contribution is 5.79. The van der Waals surface area contributed by atoms with Crippen LogP contribution in [0.15, 0.2) is 41.1 Å². The molecule has 44 heavy (non-hydrogen) atoms. The molecule has 1 atom stereocenters. The predicted octanol–water partition coefficient (Wildman–Crippen LogP) is 6.37. The number of ether oxygens (including phenoxy) is 2. The third-order valence-electron chi connectivity index (χ3n) is 9.69. The summed E-state index contributed by atoms with van der Waals surface area (Å²) in [6, 6.07) is 7.94. The van der Waals surface area contributed by atoms with Gasteiger partial charge in [0.05, 0.1) is 31.6 Å². The van der Waals surface area contributed by atoms with E-state index in [1.807, 2.05) is 25.3 Å². The van der Waals surface area contributed by atoms with E-state index in [1.54, 1.807) is 13.4 Å². The van der Waals surface area contributed by atoms with Crippen LogP contribution in [-0.4, -0.2) is 47.2 Å². The highest BCUT2D eigenvalue weighted by Gasteiger charge is 2.35. The number of hydrogen-bond donors (Lipinski definition) is 2. The molecule has 0 aliphatic heterocycles. The van der Waals surface area contributed by atoms with E-state index in [0.717, 1.165) is 104 Å². The van der Waals surface area contributed by atoms with E-state index in [0.29, 0.717) is 11.8 Å². The zero-order valence-electron chi connectivity index (χ0n) is 25.9. The van der Waals surface area contributed by atoms with Crippen LogP contribution < -0.4 is 15.4 Å². The molecule has 3 aromatic rings. The van der Waals surface area contributed by atoms with Crippen molar-refractivity contribution in [3.05, 3.63) is 59.7 Å². The molecule has 0 aromatic carbocycles. The minimum Gasteiger partial charge on any atom is -0.495 e. The summed E-state index contributed by atoms with van der Waals surface area (Å²) < 4.78 is 15.9. The smallest absolute Gasteiger partial charge is 0.407 e. The monoisotopic (exact) mass is 601 g/mol. The van der Waals surface area contributed by atoms with Gasteiger partial charge in [-0.05, 0) is 101 Å². The first-order valence-corrected chi connectivity index (χ1v) is 16.0. The number of amides is 2. The second-order valence-electron chi connectivity index (χ2n) is 12.6. The number of carbonyl (C=O) groups excluding carboxylic acids is 2. The Bertz CT molecular complexity index is 1450. The highest BCUT2D eigenvalue weighted by atomic mass is 16.5. The van der Waals surface area contributed by atoms with E-state index >= 15 is 0 Å². The van der Waals surface area contributed by atoms with Gasteiger partial charge in [-0.3, -0.25) is 14.8 Å². The molecule has 0 radical (unpaired) electrons. The molecule has 0 bridgehead atoms. The number of nitrogens with zero attached hydrogens (tertiary/aromatic N) is 3. The van der Waals surface area contributed by atoms with Gasteiger partial charge < -0.3 is 24.5 Å². The van der Waals surface area contributed by atoms with Gasteiger partial charge in [-0.2, -0.15) is 0 Å². The molecule has 3 saturated carbocycles. The van der Waals surface area contributed by atoms with Crippen LogP contribution in [0.5, 0.6) is 5.75 Å². The van der Waals surface area contributed by atoms with Gasteiger partial charge >= 0.3 is 6.09 Å². The molecular formula is C34H43N5O5. The molecule has 0 spiro atoms. The van der Waals surface area contributed by atoms with Crippen LogP contribution in [0.25, 0.3) is 11.3 Å². The Hall–Kier alpha value is -3.95. The second-order valence-corrected chi connectivity index (χ2v) is 12.6. The van der Waals surface area contributed by atoms with Crippen LogP contribution in [0, 0.1) is 18.8 Å². The normalized spacial score (nSPS) is 24.2. The van der Waals surface area contributed by atoms with Gasteiger partial charge in [0.15, 0.2) is 5.89 Å². The Labute approximate surface area is 258 Å². The topological polar surface area (TPSA) is 128 Å². The van der Waals surface area contributed by atoms with Crippen molar-refractivity contribution in [2.24, 2.45) is 11.8 Å². The zero-order valence-corrected chi connectivity index (χ0v) is 25.9. The molecule has 6 rings (SSSR count). The quantitative estimate of drug-likeness (QED) is 0.289. The third kappa shape index (κ3) is 6.89. The number of methoxy groups -OCH3 is 2. The fourth-order valence-corrected chi connectivity index (χ4v) is 6.90. The van der Waals surface area contributed by atoms with Gasteiger partial charge in [0.1, 0.15) is 17.7 Å². The zero-order chi connectivity index (χ0) is 30.6. The molecule has 2 N–H and O–H groups in total. The van der Waals surface area contributed by atoms with Gasteiger partial charge in [-0.15, -0.1) is 0 Å². The van der Waals surface area contributed by atoms with Gasteiger partial charge in [0.2, 0.25) is 5.91 Å². The molecule has 3 aliphatic rings. The third-order valence-corrected chi connectivity index (χ3v) is 9.69. The van der Waals surface area contributed by atoms with Crippen LogP contribution in [0.2, 0.25) is 0 Å². The van der Waals surface area contributed by atoms with Crippen molar-refractivity contribution in [3.8, 4) is 17.0 Å². The minimum absolute atomic E-state index is 0.0362. The summed E-state index contributed by atoms with van der Waals surface area (Å²) in [6.45, 7) is 1.99. The van der Waals surface area contributed by atoms with E-state index in [4.69, 9.17) is 28.8 Å². The van der Waals surface area contributed by atoms with E-state index in [-0.39, 0.29) is 29.8 Å². The maximum absolute atomic E-state index is 13.7. The van der Waals surface area contributed by atoms with Gasteiger partial charge in [-0.1, -0.05) is 0 Å². The van der Waals surface area contributed by atoms with Crippen molar-refractivity contribution in [1.82, 2.24) is 25.6 Å². The summed E-state index contributed by atoms with van der Waals surface area (Å²) in [5.41, 5.74) is 4.63. The summed E-state index contributed by atoms with van der Waals surface area (Å²) in [5, 5.41) is 6.32. The number of pyridine rings is 2. The number of nitrogens with one attached hydrogen (secondary N) is 2. The first kappa shape index (κ1) is 30.1. The maximum atomic E-state index is 13.7. The van der Waals surface area contributed by atoms with E-state index in [9.17, 15) is 9.59 Å². The number of oxazole rings is 1. The van der Waals surface area contributed by atoms with Crippen molar-refractivity contribution in [2.45, 2.75) is 95.1 Å². The number of aryl methyl sites for hydroxylation is 1. The molecule has 2 amide bonds. The van der Waals surface area contributed by atoms with Gasteiger partial charge in [0, 0.05) is 41.2 Å². The lowest BCUT2D eigenvalue weighted by atomic mass is 9.76. The van der Waals surface area contributed by atoms with Crippen LogP contribution in [-0.2, 0) is 9.53 Å². The lowest BCUT2D eigenvalue weighted by Gasteiger charge is -2.35. The average Bonchev–Trinajstić information content (AvgIpc) is 3.79. The number of aromatic nitrogens is 3. The molecule has 3 aliphatic carbocycles. The number of rotatable bonds is 9. The van der Waals surface area contributed by atoms with Crippen molar-refractivity contribution in [3.63, 3.8) is 0 Å². The lowest BCUT2D eigenvalue weighted by Crippen LogP contribution is -2.43. The lowest BCUT2D eigenvalue weighted by molar-refractivity contribution is -0.127. The van der Waals surface area contributed by atoms with Crippen molar-refractivity contribution >= 4 is 12.0 Å². The molecule has 3 fully saturated rings. The largest absolute Gasteiger partial charge is 0.495 e. The molecule has 3 heterocycles. The molecule has 1 unspecified atom stereocenters. The summed E-state index contributed by atoms with van der Waals surface area (Å²) in [7, 11) is 3.04. The first-order valence-electron chi connectivity index (χ1n) is 16.0. The minimum atomic E-state index is -0.420. The van der Waals surface area contributed by atoms with Crippen molar-refractivity contribution in [2.75, 3.05) is 14.2 Å². The molecule has 3 aromatic heterocycles. The first-order chi connectivity index (χ1) is 21.4. The molecule has 0 saturated heterocycles. The van der Waals surface area contributed by atoms with Crippen molar-refractivity contribution in [1.29, 1.82) is 0 Å². The summed E-state index contributed by atoms with van der Waals surface area (Å²) in [6.07, 6.45) is 12.2. The summed E-state index contributed by atoms with van der Waals surface area (Å²) in [5.74, 6) is 2.63. The van der Waals surface area contributed by atoms with Crippen LogP contribution >= 0.6 is 0 Å². The fraction of sp³-hybridized carbons (Fsp3) is 0.559. The van der Waals surface area contributed by atoms with Crippen molar-refractivity contribution < 1.29 is 23.5 Å². The molecule has 234 valence electrons. The molecule has 10 nitrogen and oxygen atoms in total. The Balaban J connectivity index is 1.18. The van der Waals surface area contributed by atoms with Crippen LogP contribution in [0.1, 0.15) is 105 Å². The highest BCUT2D eigenvalue weighted by Crippen LogP contribution is 2.42. The van der Waals surface area contributed by atoms with E-state index < -0.39 is 6.09 Å². The van der Waals surface area contributed by atoms with E-state index in [1.165, 1.54) is 7.11 Å². The SMILES string of the molecule is COC(=O)NC1CCC(C(=O)NC(c2cc(-c3coc(C4CC4)n3)ccn2)C2CCC(c3ccc(OC)c(C)n3)CC2)CC1.